The third kappa shape index (κ3) is 4.68. The Bertz CT molecular complexity index is 399. The Morgan fingerprint density at radius 3 is 2.67 bits per heavy atom. The third-order valence-electron chi connectivity index (χ3n) is 4.14. The highest BCUT2D eigenvalue weighted by atomic mass is 16.5. The van der Waals surface area contributed by atoms with E-state index in [0.29, 0.717) is 12.1 Å². The number of nitrogens with zero attached hydrogens (tertiary/aromatic N) is 2. The normalized spacial score (nSPS) is 18.0. The second kappa shape index (κ2) is 8.35. The van der Waals surface area contributed by atoms with Crippen molar-refractivity contribution in [2.45, 2.75) is 52.2 Å². The van der Waals surface area contributed by atoms with Gasteiger partial charge in [0.2, 0.25) is 0 Å². The summed E-state index contributed by atoms with van der Waals surface area (Å²) in [5, 5.41) is 3.50. The van der Waals surface area contributed by atoms with E-state index in [1.165, 1.54) is 5.56 Å². The van der Waals surface area contributed by atoms with Crippen LogP contribution >= 0.6 is 0 Å². The van der Waals surface area contributed by atoms with Crippen LogP contribution in [0.2, 0.25) is 0 Å². The van der Waals surface area contributed by atoms with Crippen LogP contribution in [0.3, 0.4) is 0 Å². The molecule has 1 N–H and O–H groups in total. The van der Waals surface area contributed by atoms with E-state index in [1.54, 1.807) is 0 Å². The maximum Gasteiger partial charge on any atom is 0.128 e. The van der Waals surface area contributed by atoms with Gasteiger partial charge in [0.15, 0.2) is 0 Å². The van der Waals surface area contributed by atoms with Crippen molar-refractivity contribution in [1.29, 1.82) is 0 Å². The monoisotopic (exact) mass is 291 g/mol. The van der Waals surface area contributed by atoms with Gasteiger partial charge in [-0.05, 0) is 51.3 Å². The van der Waals surface area contributed by atoms with Gasteiger partial charge in [-0.3, -0.25) is 0 Å². The van der Waals surface area contributed by atoms with Gasteiger partial charge in [0.05, 0.1) is 6.10 Å². The van der Waals surface area contributed by atoms with Crippen molar-refractivity contribution in [3.63, 3.8) is 0 Å². The molecule has 2 rings (SSSR count). The molecule has 0 spiro atoms. The highest BCUT2D eigenvalue weighted by Crippen LogP contribution is 2.21. The second-order valence-corrected chi connectivity index (χ2v) is 5.77. The van der Waals surface area contributed by atoms with Crippen LogP contribution in [0.5, 0.6) is 0 Å². The van der Waals surface area contributed by atoms with Crippen LogP contribution in [0.1, 0.15) is 51.6 Å². The van der Waals surface area contributed by atoms with Crippen molar-refractivity contribution < 1.29 is 4.74 Å². The first-order valence-corrected chi connectivity index (χ1v) is 8.30. The first kappa shape index (κ1) is 16.2. The number of hydrogen-bond donors (Lipinski definition) is 1. The molecule has 1 aromatic heterocycles. The van der Waals surface area contributed by atoms with Gasteiger partial charge in [-0.2, -0.15) is 0 Å². The predicted molar refractivity (Wildman–Crippen MR) is 87.8 cm³/mol. The summed E-state index contributed by atoms with van der Waals surface area (Å²) in [6.45, 7) is 10.4. The quantitative estimate of drug-likeness (QED) is 0.837. The SMILES string of the molecule is CCCNC(C)c1ccc(N2CCC(OCC)CC2)nc1. The summed E-state index contributed by atoms with van der Waals surface area (Å²) in [6, 6.07) is 4.72. The average Bonchev–Trinajstić information content (AvgIpc) is 2.54. The number of piperidine rings is 1. The zero-order valence-electron chi connectivity index (χ0n) is 13.6. The predicted octanol–water partition coefficient (Wildman–Crippen LogP) is 3.15. The highest BCUT2D eigenvalue weighted by molar-refractivity contribution is 5.40. The molecule has 0 aromatic carbocycles. The first-order chi connectivity index (χ1) is 10.2. The first-order valence-electron chi connectivity index (χ1n) is 8.30. The van der Waals surface area contributed by atoms with Crippen molar-refractivity contribution in [2.24, 2.45) is 0 Å². The maximum absolute atomic E-state index is 5.70. The fourth-order valence-electron chi connectivity index (χ4n) is 2.81. The van der Waals surface area contributed by atoms with Crippen LogP contribution in [0.15, 0.2) is 18.3 Å². The molecule has 1 aliphatic heterocycles. The lowest BCUT2D eigenvalue weighted by Gasteiger charge is -2.32. The molecule has 1 atom stereocenters. The van der Waals surface area contributed by atoms with E-state index in [1.807, 2.05) is 6.20 Å². The number of ether oxygens (including phenoxy) is 1. The van der Waals surface area contributed by atoms with Gasteiger partial charge in [0, 0.05) is 31.9 Å². The molecule has 1 aromatic rings. The Kier molecular flexibility index (Phi) is 6.46. The molecule has 4 heteroatoms. The molecule has 0 amide bonds. The molecule has 0 radical (unpaired) electrons. The van der Waals surface area contributed by atoms with Gasteiger partial charge >= 0.3 is 0 Å². The van der Waals surface area contributed by atoms with Crippen molar-refractivity contribution in [3.05, 3.63) is 23.9 Å². The molecular weight excluding hydrogens is 262 g/mol. The summed E-state index contributed by atoms with van der Waals surface area (Å²) in [4.78, 5) is 7.01. The van der Waals surface area contributed by atoms with Crippen molar-refractivity contribution in [1.82, 2.24) is 10.3 Å². The molecule has 4 nitrogen and oxygen atoms in total. The van der Waals surface area contributed by atoms with E-state index >= 15 is 0 Å². The van der Waals surface area contributed by atoms with Gasteiger partial charge in [-0.25, -0.2) is 4.98 Å². The standard InChI is InChI=1S/C17H29N3O/c1-4-10-18-14(3)15-6-7-17(19-13-15)20-11-8-16(9-12-20)21-5-2/h6-7,13-14,16,18H,4-5,8-12H2,1-3H3. The van der Waals surface area contributed by atoms with Crippen molar-refractivity contribution in [3.8, 4) is 0 Å². The Morgan fingerprint density at radius 2 is 2.10 bits per heavy atom. The molecule has 1 aliphatic rings. The molecule has 0 bridgehead atoms. The number of rotatable bonds is 7. The smallest absolute Gasteiger partial charge is 0.128 e. The Labute approximate surface area is 128 Å². The van der Waals surface area contributed by atoms with Crippen LogP contribution in [0.4, 0.5) is 5.82 Å². The molecule has 21 heavy (non-hydrogen) atoms. The summed E-state index contributed by atoms with van der Waals surface area (Å²) in [6.07, 6.45) is 5.81. The van der Waals surface area contributed by atoms with Gasteiger partial charge in [-0.1, -0.05) is 13.0 Å². The summed E-state index contributed by atoms with van der Waals surface area (Å²) < 4.78 is 5.70. The zero-order valence-corrected chi connectivity index (χ0v) is 13.6. The number of aromatic nitrogens is 1. The van der Waals surface area contributed by atoms with E-state index < -0.39 is 0 Å². The molecule has 118 valence electrons. The van der Waals surface area contributed by atoms with E-state index in [9.17, 15) is 0 Å². The average molecular weight is 291 g/mol. The van der Waals surface area contributed by atoms with Gasteiger partial charge in [0.1, 0.15) is 5.82 Å². The minimum atomic E-state index is 0.371. The molecule has 1 unspecified atom stereocenters. The largest absolute Gasteiger partial charge is 0.378 e. The lowest BCUT2D eigenvalue weighted by Crippen LogP contribution is -2.37. The lowest BCUT2D eigenvalue weighted by atomic mass is 10.1. The Balaban J connectivity index is 1.88. The minimum Gasteiger partial charge on any atom is -0.378 e. The van der Waals surface area contributed by atoms with Gasteiger partial charge < -0.3 is 15.0 Å². The van der Waals surface area contributed by atoms with Crippen LogP contribution in [0.25, 0.3) is 0 Å². The minimum absolute atomic E-state index is 0.371. The van der Waals surface area contributed by atoms with Crippen LogP contribution in [0, 0.1) is 0 Å². The summed E-state index contributed by atoms with van der Waals surface area (Å²) in [5.41, 5.74) is 1.26. The molecule has 2 heterocycles. The number of nitrogens with one attached hydrogen (secondary N) is 1. The molecule has 0 saturated carbocycles. The Morgan fingerprint density at radius 1 is 1.33 bits per heavy atom. The Hall–Kier alpha value is -1.13. The maximum atomic E-state index is 5.70. The van der Waals surface area contributed by atoms with Crippen molar-refractivity contribution >= 4 is 5.82 Å². The number of anilines is 1. The van der Waals surface area contributed by atoms with Gasteiger partial charge in [-0.15, -0.1) is 0 Å². The van der Waals surface area contributed by atoms with Gasteiger partial charge in [0.25, 0.3) is 0 Å². The zero-order chi connectivity index (χ0) is 15.1. The topological polar surface area (TPSA) is 37.4 Å². The van der Waals surface area contributed by atoms with Crippen LogP contribution < -0.4 is 10.2 Å². The van der Waals surface area contributed by atoms with E-state index in [0.717, 1.165) is 51.3 Å². The summed E-state index contributed by atoms with van der Waals surface area (Å²) in [7, 11) is 0. The lowest BCUT2D eigenvalue weighted by molar-refractivity contribution is 0.0458. The fraction of sp³-hybridized carbons (Fsp3) is 0.706. The third-order valence-corrected chi connectivity index (χ3v) is 4.14. The number of hydrogen-bond acceptors (Lipinski definition) is 4. The summed E-state index contributed by atoms with van der Waals surface area (Å²) >= 11 is 0. The summed E-state index contributed by atoms with van der Waals surface area (Å²) in [5.74, 6) is 1.09. The van der Waals surface area contributed by atoms with Crippen LogP contribution in [-0.2, 0) is 4.74 Å². The van der Waals surface area contributed by atoms with E-state index in [-0.39, 0.29) is 0 Å². The van der Waals surface area contributed by atoms with E-state index in [4.69, 9.17) is 4.74 Å². The van der Waals surface area contributed by atoms with E-state index in [2.05, 4.69) is 48.1 Å². The van der Waals surface area contributed by atoms with Crippen LogP contribution in [-0.4, -0.2) is 37.3 Å². The van der Waals surface area contributed by atoms with Crippen molar-refractivity contribution in [2.75, 3.05) is 31.1 Å². The highest BCUT2D eigenvalue weighted by Gasteiger charge is 2.20. The fourth-order valence-corrected chi connectivity index (χ4v) is 2.81. The molecule has 1 saturated heterocycles. The molecule has 1 fully saturated rings. The molecular formula is C17H29N3O. The molecule has 0 aliphatic carbocycles. The second-order valence-electron chi connectivity index (χ2n) is 5.77. The number of pyridine rings is 1.